The lowest BCUT2D eigenvalue weighted by molar-refractivity contribution is 0.0908. The Bertz CT molecular complexity index is 903. The van der Waals surface area contributed by atoms with Crippen LogP contribution in [0.2, 0.25) is 5.15 Å². The second kappa shape index (κ2) is 7.97. The molecule has 0 saturated carbocycles. The number of rotatable bonds is 3. The molecule has 0 aliphatic carbocycles. The Labute approximate surface area is 163 Å². The summed E-state index contributed by atoms with van der Waals surface area (Å²) in [6.45, 7) is 0.924. The van der Waals surface area contributed by atoms with Gasteiger partial charge in [0.05, 0.1) is 12.2 Å². The van der Waals surface area contributed by atoms with E-state index in [1.807, 2.05) is 40.9 Å². The van der Waals surface area contributed by atoms with E-state index in [9.17, 15) is 4.79 Å². The summed E-state index contributed by atoms with van der Waals surface area (Å²) in [6, 6.07) is 9.54. The summed E-state index contributed by atoms with van der Waals surface area (Å²) in [5.74, 6) is 0.786. The van der Waals surface area contributed by atoms with E-state index >= 15 is 0 Å². The molecule has 0 unspecified atom stereocenters. The van der Waals surface area contributed by atoms with Gasteiger partial charge >= 0.3 is 6.09 Å². The molecule has 26 heavy (non-hydrogen) atoms. The number of hydrogen-bond donors (Lipinski definition) is 0. The molecule has 2 aromatic heterocycles. The molecular formula is C18H19ClN4O2S. The molecule has 6 nitrogen and oxygen atoms in total. The summed E-state index contributed by atoms with van der Waals surface area (Å²) in [5.41, 5.74) is 1.71. The number of fused-ring (bicyclic) bond motifs is 1. The first-order valence-corrected chi connectivity index (χ1v) is 8.56. The SMILES string of the molecule is O=C(OCc1ccccc1)N1CCC[C@H]1c1ncc2c(Cl)nccn12.S. The van der Waals surface area contributed by atoms with Crippen molar-refractivity contribution in [2.24, 2.45) is 0 Å². The minimum atomic E-state index is -0.316. The van der Waals surface area contributed by atoms with Crippen LogP contribution in [-0.2, 0) is 11.3 Å². The third-order valence-electron chi connectivity index (χ3n) is 4.43. The van der Waals surface area contributed by atoms with E-state index in [-0.39, 0.29) is 32.2 Å². The molecule has 0 bridgehead atoms. The highest BCUT2D eigenvalue weighted by Gasteiger charge is 2.34. The minimum Gasteiger partial charge on any atom is -0.445 e. The maximum absolute atomic E-state index is 12.6. The van der Waals surface area contributed by atoms with Gasteiger partial charge in [-0.15, -0.1) is 0 Å². The summed E-state index contributed by atoms with van der Waals surface area (Å²) in [7, 11) is 0. The lowest BCUT2D eigenvalue weighted by Crippen LogP contribution is -2.32. The number of ether oxygens (including phenoxy) is 1. The van der Waals surface area contributed by atoms with Crippen molar-refractivity contribution in [3.05, 3.63) is 65.5 Å². The molecule has 1 fully saturated rings. The highest BCUT2D eigenvalue weighted by atomic mass is 35.5. The summed E-state index contributed by atoms with van der Waals surface area (Å²) in [4.78, 5) is 22.8. The third-order valence-corrected chi connectivity index (χ3v) is 4.72. The van der Waals surface area contributed by atoms with E-state index in [1.54, 1.807) is 17.3 Å². The van der Waals surface area contributed by atoms with Crippen LogP contribution in [-0.4, -0.2) is 31.9 Å². The monoisotopic (exact) mass is 390 g/mol. The van der Waals surface area contributed by atoms with E-state index in [0.717, 1.165) is 29.7 Å². The van der Waals surface area contributed by atoms with Crippen LogP contribution in [0, 0.1) is 0 Å². The first kappa shape index (κ1) is 18.5. The van der Waals surface area contributed by atoms with Gasteiger partial charge in [-0.3, -0.25) is 9.30 Å². The molecule has 1 aromatic carbocycles. The predicted octanol–water partition coefficient (Wildman–Crippen LogP) is 3.97. The molecule has 1 aliphatic rings. The molecule has 1 atom stereocenters. The van der Waals surface area contributed by atoms with Crippen molar-refractivity contribution in [1.82, 2.24) is 19.3 Å². The zero-order valence-corrected chi connectivity index (χ0v) is 15.8. The van der Waals surface area contributed by atoms with Crippen LogP contribution in [0.15, 0.2) is 48.9 Å². The van der Waals surface area contributed by atoms with Crippen molar-refractivity contribution in [1.29, 1.82) is 0 Å². The highest BCUT2D eigenvalue weighted by Crippen LogP contribution is 2.32. The van der Waals surface area contributed by atoms with E-state index < -0.39 is 0 Å². The highest BCUT2D eigenvalue weighted by molar-refractivity contribution is 7.59. The molecule has 0 N–H and O–H groups in total. The van der Waals surface area contributed by atoms with E-state index in [4.69, 9.17) is 16.3 Å². The van der Waals surface area contributed by atoms with Crippen molar-refractivity contribution in [2.45, 2.75) is 25.5 Å². The molecule has 0 radical (unpaired) electrons. The second-order valence-electron chi connectivity index (χ2n) is 5.98. The number of likely N-dealkylation sites (tertiary alicyclic amines) is 1. The fourth-order valence-electron chi connectivity index (χ4n) is 3.22. The Morgan fingerprint density at radius 1 is 1.27 bits per heavy atom. The average molecular weight is 391 g/mol. The lowest BCUT2D eigenvalue weighted by Gasteiger charge is -2.23. The number of hydrogen-bond acceptors (Lipinski definition) is 4. The van der Waals surface area contributed by atoms with Crippen molar-refractivity contribution in [2.75, 3.05) is 6.54 Å². The van der Waals surface area contributed by atoms with Crippen molar-refractivity contribution >= 4 is 36.7 Å². The Morgan fingerprint density at radius 3 is 2.88 bits per heavy atom. The fraction of sp³-hybridized carbons (Fsp3) is 0.278. The van der Waals surface area contributed by atoms with Gasteiger partial charge in [0.25, 0.3) is 0 Å². The average Bonchev–Trinajstić information content (AvgIpc) is 3.27. The molecule has 3 aromatic rings. The van der Waals surface area contributed by atoms with E-state index in [1.165, 1.54) is 0 Å². The topological polar surface area (TPSA) is 59.7 Å². The number of aromatic nitrogens is 3. The first-order valence-electron chi connectivity index (χ1n) is 8.19. The Kier molecular flexibility index (Phi) is 5.68. The zero-order valence-electron chi connectivity index (χ0n) is 14.0. The smallest absolute Gasteiger partial charge is 0.410 e. The van der Waals surface area contributed by atoms with Crippen LogP contribution in [0.5, 0.6) is 0 Å². The van der Waals surface area contributed by atoms with Gasteiger partial charge in [-0.2, -0.15) is 13.5 Å². The van der Waals surface area contributed by atoms with Gasteiger partial charge in [0.2, 0.25) is 0 Å². The van der Waals surface area contributed by atoms with Crippen LogP contribution in [0.4, 0.5) is 4.79 Å². The Morgan fingerprint density at radius 2 is 2.08 bits per heavy atom. The van der Waals surface area contributed by atoms with Gasteiger partial charge in [-0.25, -0.2) is 14.8 Å². The van der Waals surface area contributed by atoms with E-state index in [0.29, 0.717) is 11.7 Å². The zero-order chi connectivity index (χ0) is 17.2. The molecule has 8 heteroatoms. The summed E-state index contributed by atoms with van der Waals surface area (Å²) < 4.78 is 7.38. The van der Waals surface area contributed by atoms with Crippen LogP contribution in [0.25, 0.3) is 5.52 Å². The molecule has 1 aliphatic heterocycles. The number of nitrogens with zero attached hydrogens (tertiary/aromatic N) is 4. The van der Waals surface area contributed by atoms with Crippen molar-refractivity contribution in [3.63, 3.8) is 0 Å². The summed E-state index contributed by atoms with van der Waals surface area (Å²) in [6.07, 6.45) is 6.58. The first-order chi connectivity index (χ1) is 12.2. The summed E-state index contributed by atoms with van der Waals surface area (Å²) in [5, 5.41) is 0.400. The number of carbonyl (C=O) groups excluding carboxylic acids is 1. The Hall–Kier alpha value is -2.25. The molecule has 1 saturated heterocycles. The molecular weight excluding hydrogens is 372 g/mol. The van der Waals surface area contributed by atoms with Crippen molar-refractivity contribution in [3.8, 4) is 0 Å². The molecule has 4 rings (SSSR count). The van der Waals surface area contributed by atoms with Gasteiger partial charge in [-0.1, -0.05) is 41.9 Å². The van der Waals surface area contributed by atoms with Gasteiger partial charge in [0.1, 0.15) is 17.9 Å². The summed E-state index contributed by atoms with van der Waals surface area (Å²) >= 11 is 6.12. The predicted molar refractivity (Wildman–Crippen MR) is 104 cm³/mol. The van der Waals surface area contributed by atoms with Crippen LogP contribution < -0.4 is 0 Å². The van der Waals surface area contributed by atoms with Crippen molar-refractivity contribution < 1.29 is 9.53 Å². The number of benzene rings is 1. The number of amides is 1. The Balaban J connectivity index is 0.00000196. The molecule has 136 valence electrons. The molecule has 1 amide bonds. The quantitative estimate of drug-likeness (QED) is 0.679. The van der Waals surface area contributed by atoms with Gasteiger partial charge in [0, 0.05) is 18.9 Å². The number of halogens is 1. The fourth-order valence-corrected chi connectivity index (χ4v) is 3.41. The van der Waals surface area contributed by atoms with Crippen LogP contribution in [0.3, 0.4) is 0 Å². The van der Waals surface area contributed by atoms with Gasteiger partial charge in [-0.05, 0) is 18.4 Å². The maximum Gasteiger partial charge on any atom is 0.410 e. The van der Waals surface area contributed by atoms with Gasteiger partial charge < -0.3 is 4.74 Å². The largest absolute Gasteiger partial charge is 0.445 e. The number of carbonyl (C=O) groups is 1. The van der Waals surface area contributed by atoms with Crippen LogP contribution in [0.1, 0.15) is 30.3 Å². The second-order valence-corrected chi connectivity index (χ2v) is 6.34. The maximum atomic E-state index is 12.6. The standard InChI is InChI=1S/C18H17ClN4O2.H2S/c19-16-15-11-21-17(22(15)10-8-20-16)14-7-4-9-23(14)18(24)25-12-13-5-2-1-3-6-13;/h1-3,5-6,8,10-11,14H,4,7,9,12H2;1H2/t14-;/m0./s1. The van der Waals surface area contributed by atoms with Gasteiger partial charge in [0.15, 0.2) is 5.15 Å². The van der Waals surface area contributed by atoms with E-state index in [2.05, 4.69) is 9.97 Å². The lowest BCUT2D eigenvalue weighted by atomic mass is 10.2. The molecule has 3 heterocycles. The molecule has 0 spiro atoms. The number of imidazole rings is 1. The normalized spacial score (nSPS) is 16.5. The minimum absolute atomic E-state index is 0. The third kappa shape index (κ3) is 3.50. The van der Waals surface area contributed by atoms with Crippen LogP contribution >= 0.6 is 25.1 Å².